The lowest BCUT2D eigenvalue weighted by Gasteiger charge is -2.11. The first-order valence-electron chi connectivity index (χ1n) is 8.02. The second-order valence-electron chi connectivity index (χ2n) is 5.62. The van der Waals surface area contributed by atoms with Crippen molar-refractivity contribution >= 4 is 23.5 Å². The third kappa shape index (κ3) is 4.09. The van der Waals surface area contributed by atoms with E-state index in [0.29, 0.717) is 22.3 Å². The summed E-state index contributed by atoms with van der Waals surface area (Å²) in [4.78, 5) is 33.1. The Bertz CT molecular complexity index is 1040. The molecule has 0 unspecified atom stereocenters. The number of thioether (sulfide) groups is 1. The molecule has 28 heavy (non-hydrogen) atoms. The van der Waals surface area contributed by atoms with Crippen LogP contribution in [-0.2, 0) is 4.74 Å². The molecule has 0 saturated heterocycles. The van der Waals surface area contributed by atoms with Crippen molar-refractivity contribution in [1.82, 2.24) is 9.97 Å². The molecule has 0 atom stereocenters. The average molecular weight is 404 g/mol. The number of hydrogen-bond acceptors (Lipinski definition) is 7. The Morgan fingerprint density at radius 2 is 2.00 bits per heavy atom. The second-order valence-corrected chi connectivity index (χ2v) is 6.41. The maximum atomic E-state index is 13.7. The van der Waals surface area contributed by atoms with Gasteiger partial charge in [-0.1, -0.05) is 0 Å². The zero-order chi connectivity index (χ0) is 20.3. The molecule has 3 aromatic rings. The summed E-state index contributed by atoms with van der Waals surface area (Å²) < 4.78 is 37.2. The van der Waals surface area contributed by atoms with Crippen LogP contribution in [0.5, 0.6) is 0 Å². The molecule has 0 fully saturated rings. The van der Waals surface area contributed by atoms with Gasteiger partial charge >= 0.3 is 5.97 Å². The van der Waals surface area contributed by atoms with Crippen molar-refractivity contribution in [3.63, 3.8) is 0 Å². The zero-order valence-electron chi connectivity index (χ0n) is 14.9. The summed E-state index contributed by atoms with van der Waals surface area (Å²) in [7, 11) is 0. The molecule has 6 nitrogen and oxygen atoms in total. The number of rotatable bonds is 6. The molecule has 3 rings (SSSR count). The molecule has 0 aliphatic heterocycles. The van der Waals surface area contributed by atoms with Crippen LogP contribution in [0.15, 0.2) is 46.0 Å². The third-order valence-corrected chi connectivity index (χ3v) is 4.44. The van der Waals surface area contributed by atoms with Gasteiger partial charge in [-0.3, -0.25) is 4.79 Å². The number of hydrogen-bond donors (Lipinski definition) is 0. The Morgan fingerprint density at radius 3 is 2.68 bits per heavy atom. The molecule has 0 aliphatic rings. The van der Waals surface area contributed by atoms with Crippen molar-refractivity contribution in [2.75, 3.05) is 12.9 Å². The number of ketones is 1. The van der Waals surface area contributed by atoms with E-state index >= 15 is 0 Å². The number of esters is 1. The van der Waals surface area contributed by atoms with Gasteiger partial charge in [0.2, 0.25) is 5.78 Å². The fourth-order valence-corrected chi connectivity index (χ4v) is 3.05. The van der Waals surface area contributed by atoms with Gasteiger partial charge in [0.25, 0.3) is 0 Å². The van der Waals surface area contributed by atoms with E-state index < -0.39 is 35.6 Å². The Morgan fingerprint density at radius 1 is 1.21 bits per heavy atom. The summed E-state index contributed by atoms with van der Waals surface area (Å²) in [6.45, 7) is 0.852. The van der Waals surface area contributed by atoms with E-state index in [1.165, 1.54) is 18.0 Å². The van der Waals surface area contributed by atoms with Crippen molar-refractivity contribution in [2.24, 2.45) is 0 Å². The fourth-order valence-electron chi connectivity index (χ4n) is 2.44. The van der Waals surface area contributed by atoms with E-state index in [1.54, 1.807) is 25.3 Å². The van der Waals surface area contributed by atoms with E-state index in [2.05, 4.69) is 9.97 Å². The Hall–Kier alpha value is -3.07. The number of halogens is 2. The fraction of sp³-hybridized carbons (Fsp3) is 0.158. The van der Waals surface area contributed by atoms with Crippen LogP contribution in [0.3, 0.4) is 0 Å². The van der Waals surface area contributed by atoms with Gasteiger partial charge in [0, 0.05) is 0 Å². The van der Waals surface area contributed by atoms with Gasteiger partial charge < -0.3 is 9.15 Å². The Labute approximate surface area is 162 Å². The number of furan rings is 1. The molecule has 1 aromatic carbocycles. The first-order valence-corrected chi connectivity index (χ1v) is 9.25. The summed E-state index contributed by atoms with van der Waals surface area (Å²) in [6.07, 6.45) is 3.20. The molecule has 0 saturated carbocycles. The molecule has 0 spiro atoms. The van der Waals surface area contributed by atoms with Crippen molar-refractivity contribution in [1.29, 1.82) is 0 Å². The molecular weight excluding hydrogens is 390 g/mol. The first-order chi connectivity index (χ1) is 13.4. The van der Waals surface area contributed by atoms with E-state index in [4.69, 9.17) is 9.15 Å². The number of aromatic nitrogens is 2. The first kappa shape index (κ1) is 19.7. The minimum Gasteiger partial charge on any atom is -0.461 e. The molecule has 2 aromatic heterocycles. The van der Waals surface area contributed by atoms with Crippen molar-refractivity contribution in [3.8, 4) is 11.6 Å². The van der Waals surface area contributed by atoms with Crippen LogP contribution in [-0.4, -0.2) is 34.6 Å². The third-order valence-electron chi connectivity index (χ3n) is 3.76. The second kappa shape index (κ2) is 8.30. The van der Waals surface area contributed by atoms with Gasteiger partial charge in [0.1, 0.15) is 22.2 Å². The Kier molecular flexibility index (Phi) is 5.84. The Balaban J connectivity index is 1.80. The molecule has 0 N–H and O–H groups in total. The largest absolute Gasteiger partial charge is 0.461 e. The molecule has 0 aliphatic carbocycles. The van der Waals surface area contributed by atoms with Crippen LogP contribution in [0, 0.1) is 18.6 Å². The van der Waals surface area contributed by atoms with Crippen LogP contribution >= 0.6 is 11.8 Å². The number of ether oxygens (including phenoxy) is 1. The van der Waals surface area contributed by atoms with Crippen LogP contribution in [0.1, 0.15) is 26.4 Å². The summed E-state index contributed by atoms with van der Waals surface area (Å²) in [6, 6.07) is 5.85. The lowest BCUT2D eigenvalue weighted by molar-refractivity contribution is 0.0468. The topological polar surface area (TPSA) is 82.3 Å². The van der Waals surface area contributed by atoms with Gasteiger partial charge in [-0.2, -0.15) is 0 Å². The van der Waals surface area contributed by atoms with Gasteiger partial charge in [-0.25, -0.2) is 23.5 Å². The van der Waals surface area contributed by atoms with E-state index in [0.717, 1.165) is 18.2 Å². The highest BCUT2D eigenvalue weighted by Gasteiger charge is 2.23. The molecule has 0 bridgehead atoms. The minimum absolute atomic E-state index is 0.0929. The smallest absolute Gasteiger partial charge is 0.343 e. The summed E-state index contributed by atoms with van der Waals surface area (Å²) in [5, 5.41) is 0.341. The highest BCUT2D eigenvalue weighted by molar-refractivity contribution is 7.98. The normalized spacial score (nSPS) is 10.7. The van der Waals surface area contributed by atoms with Crippen LogP contribution in [0.2, 0.25) is 0 Å². The van der Waals surface area contributed by atoms with Gasteiger partial charge in [0.05, 0.1) is 17.5 Å². The molecular formula is C19H14F2N2O4S. The number of carbonyl (C=O) groups excluding carboxylic acids is 2. The summed E-state index contributed by atoms with van der Waals surface area (Å²) in [5.41, 5.74) is -0.0607. The molecule has 9 heteroatoms. The van der Waals surface area contributed by atoms with Crippen molar-refractivity contribution in [3.05, 3.63) is 65.1 Å². The van der Waals surface area contributed by atoms with Crippen LogP contribution < -0.4 is 0 Å². The number of nitrogens with zero attached hydrogens (tertiary/aromatic N) is 2. The van der Waals surface area contributed by atoms with Crippen LogP contribution in [0.25, 0.3) is 11.6 Å². The van der Waals surface area contributed by atoms with Gasteiger partial charge in [-0.05, 0) is 43.5 Å². The molecule has 2 heterocycles. The number of benzene rings is 1. The summed E-state index contributed by atoms with van der Waals surface area (Å²) >= 11 is 1.20. The maximum absolute atomic E-state index is 13.7. The SMILES string of the molecule is CSc1nc(-c2ccco2)nc(C)c1C(=O)OCC(=O)c1cc(F)ccc1F. The molecule has 0 amide bonds. The quantitative estimate of drug-likeness (QED) is 0.265. The number of aryl methyl sites for hydroxylation is 1. The zero-order valence-corrected chi connectivity index (χ0v) is 15.7. The van der Waals surface area contributed by atoms with Crippen molar-refractivity contribution < 1.29 is 27.5 Å². The molecule has 0 radical (unpaired) electrons. The molecule has 144 valence electrons. The van der Waals surface area contributed by atoms with Crippen LogP contribution in [0.4, 0.5) is 8.78 Å². The van der Waals surface area contributed by atoms with E-state index in [9.17, 15) is 18.4 Å². The van der Waals surface area contributed by atoms with Gasteiger partial charge in [-0.15, -0.1) is 11.8 Å². The minimum atomic E-state index is -0.894. The predicted octanol–water partition coefficient (Wildman–Crippen LogP) is 4.08. The average Bonchev–Trinajstić information content (AvgIpc) is 3.21. The van der Waals surface area contributed by atoms with E-state index in [-0.39, 0.29) is 5.56 Å². The lowest BCUT2D eigenvalue weighted by Crippen LogP contribution is -2.18. The van der Waals surface area contributed by atoms with Gasteiger partial charge in [0.15, 0.2) is 18.2 Å². The number of Topliss-reactive ketones (excluding diaryl/α,β-unsaturated/α-hetero) is 1. The lowest BCUT2D eigenvalue weighted by atomic mass is 10.1. The monoisotopic (exact) mass is 404 g/mol. The predicted molar refractivity (Wildman–Crippen MR) is 97.2 cm³/mol. The van der Waals surface area contributed by atoms with E-state index in [1.807, 2.05) is 0 Å². The highest BCUT2D eigenvalue weighted by atomic mass is 32.2. The standard InChI is InChI=1S/C19H14F2N2O4S/c1-10-16(18(28-2)23-17(22-10)15-4-3-7-26-15)19(25)27-9-14(24)12-8-11(20)5-6-13(12)21/h3-8H,9H2,1-2H3. The van der Waals surface area contributed by atoms with Crippen molar-refractivity contribution in [2.45, 2.75) is 11.9 Å². The highest BCUT2D eigenvalue weighted by Crippen LogP contribution is 2.25. The number of carbonyl (C=O) groups is 2. The maximum Gasteiger partial charge on any atom is 0.343 e. The summed E-state index contributed by atoms with van der Waals surface area (Å²) in [5.74, 6) is -2.61.